The number of aliphatic hydroxyl groups excluding tert-OH is 3. The SMILES string of the molecule is CC(=O)NC1C(Oc2cc3ccccc3cc2O)OC(CO)C(O)C1O. The van der Waals surface area contributed by atoms with Crippen LogP contribution < -0.4 is 10.1 Å². The van der Waals surface area contributed by atoms with Gasteiger partial charge in [-0.3, -0.25) is 4.79 Å². The topological polar surface area (TPSA) is 128 Å². The first-order valence-electron chi connectivity index (χ1n) is 8.18. The predicted octanol–water partition coefficient (Wildman–Crippen LogP) is -0.132. The Bertz CT molecular complexity index is 796. The number of amides is 1. The van der Waals surface area contributed by atoms with Crippen molar-refractivity contribution in [1.29, 1.82) is 0 Å². The number of benzene rings is 2. The zero-order valence-corrected chi connectivity index (χ0v) is 14.1. The Hall–Kier alpha value is -2.39. The standard InChI is InChI=1S/C18H21NO7/c1-9(21)19-15-17(24)16(23)14(8-20)26-18(15)25-13-7-11-5-3-2-4-10(11)6-12(13)22/h2-7,14-18,20,22-24H,8H2,1H3,(H,19,21). The summed E-state index contributed by atoms with van der Waals surface area (Å²) in [6.45, 7) is 0.705. The van der Waals surface area contributed by atoms with Gasteiger partial charge >= 0.3 is 0 Å². The number of nitrogens with one attached hydrogen (secondary N) is 1. The van der Waals surface area contributed by atoms with Gasteiger partial charge in [0.2, 0.25) is 12.2 Å². The van der Waals surface area contributed by atoms with Gasteiger partial charge in [-0.05, 0) is 22.9 Å². The van der Waals surface area contributed by atoms with Crippen LogP contribution >= 0.6 is 0 Å². The van der Waals surface area contributed by atoms with Crippen LogP contribution in [-0.4, -0.2) is 63.6 Å². The maximum Gasteiger partial charge on any atom is 0.223 e. The Balaban J connectivity index is 1.91. The van der Waals surface area contributed by atoms with Gasteiger partial charge in [0.05, 0.1) is 6.61 Å². The molecule has 1 aliphatic rings. The van der Waals surface area contributed by atoms with Crippen LogP contribution in [0.15, 0.2) is 36.4 Å². The van der Waals surface area contributed by atoms with Gasteiger partial charge < -0.3 is 35.2 Å². The summed E-state index contributed by atoms with van der Waals surface area (Å²) in [5.74, 6) is -0.511. The van der Waals surface area contributed by atoms with E-state index >= 15 is 0 Å². The molecule has 0 aromatic heterocycles. The monoisotopic (exact) mass is 363 g/mol. The van der Waals surface area contributed by atoms with Gasteiger partial charge in [0.1, 0.15) is 24.4 Å². The van der Waals surface area contributed by atoms with E-state index in [2.05, 4.69) is 5.32 Å². The average Bonchev–Trinajstić information content (AvgIpc) is 2.61. The molecule has 5 atom stereocenters. The van der Waals surface area contributed by atoms with Crippen LogP contribution in [0, 0.1) is 0 Å². The summed E-state index contributed by atoms with van der Waals surface area (Å²) in [6, 6.07) is 9.38. The number of phenolic OH excluding ortho intramolecular Hbond substituents is 1. The van der Waals surface area contributed by atoms with Crippen molar-refractivity contribution in [2.24, 2.45) is 0 Å². The number of carbonyl (C=O) groups is 1. The van der Waals surface area contributed by atoms with E-state index in [9.17, 15) is 25.2 Å². The summed E-state index contributed by atoms with van der Waals surface area (Å²) in [5, 5.41) is 43.9. The van der Waals surface area contributed by atoms with E-state index in [1.165, 1.54) is 13.0 Å². The van der Waals surface area contributed by atoms with E-state index in [1.807, 2.05) is 24.3 Å². The van der Waals surface area contributed by atoms with E-state index in [1.54, 1.807) is 6.07 Å². The number of aromatic hydroxyl groups is 1. The molecule has 0 aliphatic carbocycles. The molecule has 1 heterocycles. The van der Waals surface area contributed by atoms with E-state index < -0.39 is 43.2 Å². The first-order chi connectivity index (χ1) is 12.4. The molecule has 1 aliphatic heterocycles. The molecule has 3 rings (SSSR count). The molecule has 2 aromatic carbocycles. The number of ether oxygens (including phenoxy) is 2. The molecule has 1 amide bonds. The summed E-state index contributed by atoms with van der Waals surface area (Å²) < 4.78 is 11.2. The van der Waals surface area contributed by atoms with Gasteiger partial charge in [-0.25, -0.2) is 0 Å². The second-order valence-corrected chi connectivity index (χ2v) is 6.22. The summed E-state index contributed by atoms with van der Waals surface area (Å²) in [6.07, 6.45) is -5.14. The molecular weight excluding hydrogens is 342 g/mol. The molecule has 1 fully saturated rings. The first-order valence-corrected chi connectivity index (χ1v) is 8.18. The Morgan fingerprint density at radius 3 is 2.46 bits per heavy atom. The smallest absolute Gasteiger partial charge is 0.223 e. The molecule has 140 valence electrons. The number of hydrogen-bond acceptors (Lipinski definition) is 7. The highest BCUT2D eigenvalue weighted by molar-refractivity contribution is 5.85. The van der Waals surface area contributed by atoms with Crippen LogP contribution in [0.1, 0.15) is 6.92 Å². The maximum atomic E-state index is 11.4. The zero-order valence-electron chi connectivity index (χ0n) is 14.1. The van der Waals surface area contributed by atoms with E-state index in [0.717, 1.165) is 10.8 Å². The Kier molecular flexibility index (Phi) is 5.28. The van der Waals surface area contributed by atoms with Crippen molar-refractivity contribution in [3.05, 3.63) is 36.4 Å². The fraction of sp³-hybridized carbons (Fsp3) is 0.389. The fourth-order valence-electron chi connectivity index (χ4n) is 3.00. The highest BCUT2D eigenvalue weighted by Crippen LogP contribution is 2.34. The molecule has 0 saturated carbocycles. The number of carbonyl (C=O) groups excluding carboxylic acids is 1. The van der Waals surface area contributed by atoms with Gasteiger partial charge in [0.25, 0.3) is 0 Å². The minimum atomic E-state index is -1.42. The highest BCUT2D eigenvalue weighted by atomic mass is 16.7. The fourth-order valence-corrected chi connectivity index (χ4v) is 3.00. The lowest BCUT2D eigenvalue weighted by Gasteiger charge is -2.42. The van der Waals surface area contributed by atoms with E-state index in [4.69, 9.17) is 9.47 Å². The number of aliphatic hydroxyl groups is 3. The van der Waals surface area contributed by atoms with Crippen LogP contribution in [-0.2, 0) is 9.53 Å². The predicted molar refractivity (Wildman–Crippen MR) is 91.6 cm³/mol. The number of phenols is 1. The second-order valence-electron chi connectivity index (χ2n) is 6.22. The van der Waals surface area contributed by atoms with Gasteiger partial charge in [-0.2, -0.15) is 0 Å². The van der Waals surface area contributed by atoms with Crippen molar-refractivity contribution in [3.63, 3.8) is 0 Å². The number of hydrogen-bond donors (Lipinski definition) is 5. The van der Waals surface area contributed by atoms with E-state index in [0.29, 0.717) is 0 Å². The van der Waals surface area contributed by atoms with E-state index in [-0.39, 0.29) is 11.5 Å². The van der Waals surface area contributed by atoms with Crippen LogP contribution in [0.4, 0.5) is 0 Å². The highest BCUT2D eigenvalue weighted by Gasteiger charge is 2.46. The minimum absolute atomic E-state index is 0.0873. The lowest BCUT2D eigenvalue weighted by atomic mass is 9.97. The van der Waals surface area contributed by atoms with Crippen molar-refractivity contribution in [2.45, 2.75) is 37.6 Å². The van der Waals surface area contributed by atoms with Gasteiger partial charge in [0.15, 0.2) is 11.5 Å². The number of fused-ring (bicyclic) bond motifs is 1. The second kappa shape index (κ2) is 7.46. The Morgan fingerprint density at radius 2 is 1.85 bits per heavy atom. The average molecular weight is 363 g/mol. The molecule has 5 unspecified atom stereocenters. The molecule has 0 radical (unpaired) electrons. The molecule has 8 nitrogen and oxygen atoms in total. The Labute approximate surface area is 149 Å². The van der Waals surface area contributed by atoms with Crippen LogP contribution in [0.5, 0.6) is 11.5 Å². The molecular formula is C18H21NO7. The molecule has 26 heavy (non-hydrogen) atoms. The van der Waals surface area contributed by atoms with Crippen LogP contribution in [0.3, 0.4) is 0 Å². The van der Waals surface area contributed by atoms with Gasteiger partial charge in [-0.1, -0.05) is 24.3 Å². The number of rotatable bonds is 4. The van der Waals surface area contributed by atoms with Crippen molar-refractivity contribution in [3.8, 4) is 11.5 Å². The van der Waals surface area contributed by atoms with Crippen molar-refractivity contribution >= 4 is 16.7 Å². The molecule has 0 bridgehead atoms. The normalized spacial score (nSPS) is 28.7. The molecule has 1 saturated heterocycles. The molecule has 0 spiro atoms. The molecule has 8 heteroatoms. The molecule has 2 aromatic rings. The maximum absolute atomic E-state index is 11.4. The van der Waals surface area contributed by atoms with Crippen LogP contribution in [0.2, 0.25) is 0 Å². The van der Waals surface area contributed by atoms with Crippen molar-refractivity contribution in [2.75, 3.05) is 6.61 Å². The zero-order chi connectivity index (χ0) is 18.8. The molecule has 5 N–H and O–H groups in total. The van der Waals surface area contributed by atoms with Crippen LogP contribution in [0.25, 0.3) is 10.8 Å². The summed E-state index contributed by atoms with van der Waals surface area (Å²) >= 11 is 0. The third-order valence-corrected chi connectivity index (χ3v) is 4.32. The van der Waals surface area contributed by atoms with Gasteiger partial charge in [0, 0.05) is 6.92 Å². The third-order valence-electron chi connectivity index (χ3n) is 4.32. The lowest BCUT2D eigenvalue weighted by molar-refractivity contribution is -0.244. The largest absolute Gasteiger partial charge is 0.504 e. The summed E-state index contributed by atoms with van der Waals surface area (Å²) in [4.78, 5) is 11.4. The summed E-state index contributed by atoms with van der Waals surface area (Å²) in [7, 11) is 0. The Morgan fingerprint density at radius 1 is 1.19 bits per heavy atom. The van der Waals surface area contributed by atoms with Crippen molar-refractivity contribution in [1.82, 2.24) is 5.32 Å². The van der Waals surface area contributed by atoms with Crippen molar-refractivity contribution < 1.29 is 34.7 Å². The summed E-state index contributed by atoms with van der Waals surface area (Å²) in [5.41, 5.74) is 0. The quantitative estimate of drug-likeness (QED) is 0.512. The first kappa shape index (κ1) is 18.4. The van der Waals surface area contributed by atoms with Gasteiger partial charge in [-0.15, -0.1) is 0 Å². The lowest BCUT2D eigenvalue weighted by Crippen LogP contribution is -2.65. The third kappa shape index (κ3) is 3.58. The minimum Gasteiger partial charge on any atom is -0.504 e.